The van der Waals surface area contributed by atoms with Gasteiger partial charge in [-0.1, -0.05) is 25.2 Å². The highest BCUT2D eigenvalue weighted by molar-refractivity contribution is 5.30. The zero-order chi connectivity index (χ0) is 9.42. The third kappa shape index (κ3) is 1.46. The highest BCUT2D eigenvalue weighted by Crippen LogP contribution is 2.38. The number of ether oxygens (including phenoxy) is 1. The lowest BCUT2D eigenvalue weighted by atomic mass is 9.84. The Balaban J connectivity index is 2.18. The van der Waals surface area contributed by atoms with Crippen molar-refractivity contribution in [2.45, 2.75) is 39.4 Å². The Hall–Kier alpha value is -0.560. The lowest BCUT2D eigenvalue weighted by Crippen LogP contribution is -2.18. The van der Waals surface area contributed by atoms with E-state index in [1.54, 1.807) is 0 Å². The first-order chi connectivity index (χ1) is 6.20. The Kier molecular flexibility index (Phi) is 2.29. The molecule has 0 aromatic heterocycles. The van der Waals surface area contributed by atoms with Gasteiger partial charge in [-0.3, -0.25) is 0 Å². The van der Waals surface area contributed by atoms with Gasteiger partial charge in [-0.05, 0) is 31.8 Å². The molecule has 72 valence electrons. The van der Waals surface area contributed by atoms with Crippen molar-refractivity contribution in [2.24, 2.45) is 11.8 Å². The van der Waals surface area contributed by atoms with E-state index in [4.69, 9.17) is 4.74 Å². The van der Waals surface area contributed by atoms with Crippen LogP contribution in [0.1, 0.15) is 27.2 Å². The maximum absolute atomic E-state index is 5.82. The molecule has 1 aliphatic heterocycles. The molecule has 1 heteroatoms. The van der Waals surface area contributed by atoms with Crippen molar-refractivity contribution in [1.29, 1.82) is 0 Å². The summed E-state index contributed by atoms with van der Waals surface area (Å²) in [5.41, 5.74) is 1.49. The normalized spacial score (nSPS) is 44.1. The van der Waals surface area contributed by atoms with Gasteiger partial charge in [-0.2, -0.15) is 0 Å². The molecular formula is C12H18O. The van der Waals surface area contributed by atoms with Gasteiger partial charge in [0.15, 0.2) is 0 Å². The molecule has 1 nitrogen and oxygen atoms in total. The zero-order valence-electron chi connectivity index (χ0n) is 8.66. The van der Waals surface area contributed by atoms with E-state index < -0.39 is 0 Å². The molecular weight excluding hydrogens is 160 g/mol. The molecule has 1 fully saturated rings. The van der Waals surface area contributed by atoms with E-state index in [1.807, 2.05) is 0 Å². The third-order valence-corrected chi connectivity index (χ3v) is 3.43. The lowest BCUT2D eigenvalue weighted by Gasteiger charge is -2.18. The van der Waals surface area contributed by atoms with E-state index in [0.717, 1.165) is 6.42 Å². The molecule has 0 bridgehead atoms. The summed E-state index contributed by atoms with van der Waals surface area (Å²) in [4.78, 5) is 0. The van der Waals surface area contributed by atoms with Crippen LogP contribution in [0.3, 0.4) is 0 Å². The van der Waals surface area contributed by atoms with Gasteiger partial charge in [-0.25, -0.2) is 0 Å². The molecule has 0 spiro atoms. The molecule has 13 heavy (non-hydrogen) atoms. The molecule has 2 aliphatic rings. The minimum absolute atomic E-state index is 0.388. The fraction of sp³-hybridized carbons (Fsp3) is 0.667. The predicted octanol–water partition coefficient (Wildman–Crippen LogP) is 2.93. The van der Waals surface area contributed by atoms with Crippen LogP contribution in [0, 0.1) is 11.8 Å². The molecule has 0 radical (unpaired) electrons. The maximum atomic E-state index is 5.82. The van der Waals surface area contributed by atoms with Gasteiger partial charge >= 0.3 is 0 Å². The van der Waals surface area contributed by atoms with Crippen molar-refractivity contribution in [1.82, 2.24) is 0 Å². The fourth-order valence-electron chi connectivity index (χ4n) is 2.56. The molecule has 4 unspecified atom stereocenters. The number of rotatable bonds is 1. The van der Waals surface area contributed by atoms with Crippen molar-refractivity contribution < 1.29 is 4.74 Å². The van der Waals surface area contributed by atoms with Crippen molar-refractivity contribution in [3.8, 4) is 0 Å². The number of hydrogen-bond acceptors (Lipinski definition) is 1. The van der Waals surface area contributed by atoms with E-state index in [-0.39, 0.29) is 0 Å². The number of hydrogen-bond donors (Lipinski definition) is 0. The monoisotopic (exact) mass is 178 g/mol. The van der Waals surface area contributed by atoms with Crippen LogP contribution in [0.4, 0.5) is 0 Å². The molecule has 4 atom stereocenters. The van der Waals surface area contributed by atoms with Gasteiger partial charge in [0, 0.05) is 5.92 Å². The summed E-state index contributed by atoms with van der Waals surface area (Å²) in [5.74, 6) is 1.28. The summed E-state index contributed by atoms with van der Waals surface area (Å²) in [6.45, 7) is 6.67. The summed E-state index contributed by atoms with van der Waals surface area (Å²) < 4.78 is 5.82. The van der Waals surface area contributed by atoms with E-state index in [9.17, 15) is 0 Å². The zero-order valence-corrected chi connectivity index (χ0v) is 8.66. The summed E-state index contributed by atoms with van der Waals surface area (Å²) in [5, 5.41) is 0. The molecule has 1 saturated heterocycles. The second-order valence-electron chi connectivity index (χ2n) is 4.27. The minimum atomic E-state index is 0.388. The van der Waals surface area contributed by atoms with Crippen LogP contribution in [0.2, 0.25) is 0 Å². The molecule has 1 aliphatic carbocycles. The molecule has 1 heterocycles. The van der Waals surface area contributed by atoms with Crippen LogP contribution in [0.5, 0.6) is 0 Å². The molecule has 0 N–H and O–H groups in total. The largest absolute Gasteiger partial charge is 0.375 e. The first-order valence-electron chi connectivity index (χ1n) is 5.22. The van der Waals surface area contributed by atoms with E-state index in [0.29, 0.717) is 24.0 Å². The van der Waals surface area contributed by atoms with Gasteiger partial charge in [0.25, 0.3) is 0 Å². The molecule has 0 aromatic carbocycles. The van der Waals surface area contributed by atoms with Crippen LogP contribution in [0.15, 0.2) is 23.8 Å². The Morgan fingerprint density at radius 2 is 2.00 bits per heavy atom. The van der Waals surface area contributed by atoms with Crippen LogP contribution in [-0.4, -0.2) is 12.2 Å². The van der Waals surface area contributed by atoms with Gasteiger partial charge < -0.3 is 4.74 Å². The SMILES string of the molecule is CC1OC(C)C(C2=CCC=C2)C1C. The highest BCUT2D eigenvalue weighted by atomic mass is 16.5. The standard InChI is InChI=1S/C12H18O/c1-8-9(2)13-10(3)12(8)11-6-4-5-7-11/h4,6-10,12H,5H2,1-3H3. The third-order valence-electron chi connectivity index (χ3n) is 3.43. The second kappa shape index (κ2) is 3.30. The van der Waals surface area contributed by atoms with E-state index in [2.05, 4.69) is 39.0 Å². The first-order valence-corrected chi connectivity index (χ1v) is 5.22. The van der Waals surface area contributed by atoms with Gasteiger partial charge in [0.2, 0.25) is 0 Å². The van der Waals surface area contributed by atoms with E-state index >= 15 is 0 Å². The average Bonchev–Trinajstić information content (AvgIpc) is 2.63. The van der Waals surface area contributed by atoms with E-state index in [1.165, 1.54) is 5.57 Å². The van der Waals surface area contributed by atoms with Crippen LogP contribution in [0.25, 0.3) is 0 Å². The Labute approximate surface area is 80.5 Å². The smallest absolute Gasteiger partial charge is 0.0622 e. The molecule has 0 aromatic rings. The van der Waals surface area contributed by atoms with Crippen LogP contribution >= 0.6 is 0 Å². The van der Waals surface area contributed by atoms with Crippen molar-refractivity contribution >= 4 is 0 Å². The Morgan fingerprint density at radius 1 is 1.23 bits per heavy atom. The van der Waals surface area contributed by atoms with Crippen LogP contribution in [-0.2, 0) is 4.74 Å². The highest BCUT2D eigenvalue weighted by Gasteiger charge is 2.38. The van der Waals surface area contributed by atoms with Crippen molar-refractivity contribution in [2.75, 3.05) is 0 Å². The predicted molar refractivity (Wildman–Crippen MR) is 54.5 cm³/mol. The lowest BCUT2D eigenvalue weighted by molar-refractivity contribution is 0.0537. The molecule has 0 saturated carbocycles. The van der Waals surface area contributed by atoms with Crippen molar-refractivity contribution in [3.05, 3.63) is 23.8 Å². The summed E-state index contributed by atoms with van der Waals surface area (Å²) in [6, 6.07) is 0. The number of allylic oxidation sites excluding steroid dienone is 3. The van der Waals surface area contributed by atoms with Gasteiger partial charge in [0.05, 0.1) is 12.2 Å². The quantitative estimate of drug-likeness (QED) is 0.600. The van der Waals surface area contributed by atoms with Crippen LogP contribution < -0.4 is 0 Å². The average molecular weight is 178 g/mol. The fourth-order valence-corrected chi connectivity index (χ4v) is 2.56. The minimum Gasteiger partial charge on any atom is -0.375 e. The van der Waals surface area contributed by atoms with Gasteiger partial charge in [-0.15, -0.1) is 0 Å². The Morgan fingerprint density at radius 3 is 2.46 bits per heavy atom. The summed E-state index contributed by atoms with van der Waals surface area (Å²) >= 11 is 0. The van der Waals surface area contributed by atoms with Crippen molar-refractivity contribution in [3.63, 3.8) is 0 Å². The molecule has 2 rings (SSSR count). The topological polar surface area (TPSA) is 9.23 Å². The maximum Gasteiger partial charge on any atom is 0.0622 e. The Bertz CT molecular complexity index is 252. The first kappa shape index (κ1) is 9.01. The van der Waals surface area contributed by atoms with Gasteiger partial charge in [0.1, 0.15) is 0 Å². The summed E-state index contributed by atoms with van der Waals surface area (Å²) in [6.07, 6.45) is 8.74. The summed E-state index contributed by atoms with van der Waals surface area (Å²) in [7, 11) is 0. The molecule has 0 amide bonds. The second-order valence-corrected chi connectivity index (χ2v) is 4.27.